The summed E-state index contributed by atoms with van der Waals surface area (Å²) in [5.74, 6) is -0.211. The number of hydrogen-bond donors (Lipinski definition) is 2. The molecule has 0 bridgehead atoms. The zero-order chi connectivity index (χ0) is 13.1. The Morgan fingerprint density at radius 3 is 2.78 bits per heavy atom. The van der Waals surface area contributed by atoms with Gasteiger partial charge in [0, 0.05) is 18.2 Å². The van der Waals surface area contributed by atoms with Crippen molar-refractivity contribution in [2.45, 2.75) is 18.9 Å². The normalized spacial score (nSPS) is 14.3. The van der Waals surface area contributed by atoms with Gasteiger partial charge in [-0.2, -0.15) is 0 Å². The minimum absolute atomic E-state index is 0.103. The monoisotopic (exact) mass is 269 g/mol. The second-order valence-corrected chi connectivity index (χ2v) is 4.53. The van der Waals surface area contributed by atoms with Gasteiger partial charge in [0.2, 0.25) is 5.91 Å². The fraction of sp³-hybridized carbons (Fsp3) is 0.364. The van der Waals surface area contributed by atoms with Gasteiger partial charge < -0.3 is 10.6 Å². The summed E-state index contributed by atoms with van der Waals surface area (Å²) < 4.78 is 0. The minimum Gasteiger partial charge on any atom is -0.324 e. The third kappa shape index (κ3) is 3.41. The molecule has 2 rings (SSSR count). The Morgan fingerprint density at radius 1 is 1.50 bits per heavy atom. The number of non-ortho nitro benzene ring substituents is 1. The molecule has 1 aliphatic rings. The molecule has 0 aromatic heterocycles. The highest BCUT2D eigenvalue weighted by molar-refractivity contribution is 6.34. The van der Waals surface area contributed by atoms with Crippen LogP contribution in [0.15, 0.2) is 18.2 Å². The van der Waals surface area contributed by atoms with E-state index in [-0.39, 0.29) is 23.2 Å². The number of nitro groups is 1. The van der Waals surface area contributed by atoms with E-state index in [1.54, 1.807) is 0 Å². The lowest BCUT2D eigenvalue weighted by Gasteiger charge is -2.07. The van der Waals surface area contributed by atoms with Gasteiger partial charge in [-0.25, -0.2) is 0 Å². The largest absolute Gasteiger partial charge is 0.324 e. The molecular weight excluding hydrogens is 258 g/mol. The van der Waals surface area contributed by atoms with Crippen LogP contribution >= 0.6 is 11.6 Å². The van der Waals surface area contributed by atoms with Crippen LogP contribution in [0.2, 0.25) is 5.02 Å². The summed E-state index contributed by atoms with van der Waals surface area (Å²) in [4.78, 5) is 21.5. The predicted octanol–water partition coefficient (Wildman–Crippen LogP) is 1.94. The average molecular weight is 270 g/mol. The number of amides is 1. The van der Waals surface area contributed by atoms with Gasteiger partial charge in [-0.3, -0.25) is 14.9 Å². The zero-order valence-electron chi connectivity index (χ0n) is 9.48. The highest BCUT2D eigenvalue weighted by Crippen LogP contribution is 2.26. The van der Waals surface area contributed by atoms with Crippen molar-refractivity contribution in [3.63, 3.8) is 0 Å². The number of nitrogens with one attached hydrogen (secondary N) is 2. The lowest BCUT2D eigenvalue weighted by atomic mass is 10.3. The molecule has 2 N–H and O–H groups in total. The summed E-state index contributed by atoms with van der Waals surface area (Å²) >= 11 is 5.85. The number of hydrogen-bond acceptors (Lipinski definition) is 4. The Labute approximate surface area is 108 Å². The lowest BCUT2D eigenvalue weighted by molar-refractivity contribution is -0.384. The summed E-state index contributed by atoms with van der Waals surface area (Å²) in [6.07, 6.45) is 2.21. The Kier molecular flexibility index (Phi) is 3.78. The maximum Gasteiger partial charge on any atom is 0.271 e. The van der Waals surface area contributed by atoms with Crippen LogP contribution in [-0.4, -0.2) is 23.4 Å². The molecule has 1 aromatic carbocycles. The molecule has 0 radical (unpaired) electrons. The fourth-order valence-electron chi connectivity index (χ4n) is 1.44. The first-order chi connectivity index (χ1) is 8.56. The summed E-state index contributed by atoms with van der Waals surface area (Å²) in [7, 11) is 0. The van der Waals surface area contributed by atoms with Crippen LogP contribution in [0.25, 0.3) is 0 Å². The Morgan fingerprint density at radius 2 is 2.22 bits per heavy atom. The predicted molar refractivity (Wildman–Crippen MR) is 67.8 cm³/mol. The van der Waals surface area contributed by atoms with Crippen molar-refractivity contribution in [2.24, 2.45) is 0 Å². The molecule has 1 saturated carbocycles. The number of anilines is 1. The van der Waals surface area contributed by atoms with Crippen LogP contribution in [0.1, 0.15) is 12.8 Å². The van der Waals surface area contributed by atoms with E-state index in [4.69, 9.17) is 11.6 Å². The molecule has 6 nitrogen and oxygen atoms in total. The topological polar surface area (TPSA) is 84.3 Å². The van der Waals surface area contributed by atoms with Gasteiger partial charge in [0.15, 0.2) is 0 Å². The zero-order valence-corrected chi connectivity index (χ0v) is 10.2. The molecular formula is C11H12ClN3O3. The fourth-order valence-corrected chi connectivity index (χ4v) is 1.66. The molecule has 1 amide bonds. The summed E-state index contributed by atoms with van der Waals surface area (Å²) in [5, 5.41) is 16.3. The maximum atomic E-state index is 11.5. The number of benzene rings is 1. The second-order valence-electron chi connectivity index (χ2n) is 4.12. The molecule has 18 heavy (non-hydrogen) atoms. The van der Waals surface area contributed by atoms with Gasteiger partial charge in [0.25, 0.3) is 5.69 Å². The summed E-state index contributed by atoms with van der Waals surface area (Å²) in [6, 6.07) is 4.39. The van der Waals surface area contributed by atoms with Crippen molar-refractivity contribution in [3.8, 4) is 0 Å². The molecule has 1 aliphatic carbocycles. The Bertz CT molecular complexity index is 488. The van der Waals surface area contributed by atoms with E-state index >= 15 is 0 Å². The average Bonchev–Trinajstić information content (AvgIpc) is 3.13. The van der Waals surface area contributed by atoms with Gasteiger partial charge in [-0.1, -0.05) is 11.6 Å². The third-order valence-corrected chi connectivity index (χ3v) is 2.88. The second kappa shape index (κ2) is 5.32. The Balaban J connectivity index is 1.95. The first kappa shape index (κ1) is 12.8. The number of nitrogens with zero attached hydrogens (tertiary/aromatic N) is 1. The van der Waals surface area contributed by atoms with Crippen LogP contribution in [0.5, 0.6) is 0 Å². The van der Waals surface area contributed by atoms with Gasteiger partial charge in [0.1, 0.15) is 0 Å². The molecule has 0 heterocycles. The van der Waals surface area contributed by atoms with Crippen LogP contribution in [0.4, 0.5) is 11.4 Å². The lowest BCUT2D eigenvalue weighted by Crippen LogP contribution is -2.29. The maximum absolute atomic E-state index is 11.5. The molecule has 0 aliphatic heterocycles. The van der Waals surface area contributed by atoms with Crippen molar-refractivity contribution in [1.82, 2.24) is 5.32 Å². The molecule has 0 unspecified atom stereocenters. The number of halogens is 1. The summed E-state index contributed by atoms with van der Waals surface area (Å²) in [5.41, 5.74) is 0.277. The smallest absolute Gasteiger partial charge is 0.271 e. The van der Waals surface area contributed by atoms with Crippen molar-refractivity contribution in [2.75, 3.05) is 11.9 Å². The third-order valence-electron chi connectivity index (χ3n) is 2.57. The summed E-state index contributed by atoms with van der Waals surface area (Å²) in [6.45, 7) is 0.220. The first-order valence-corrected chi connectivity index (χ1v) is 5.91. The molecule has 1 fully saturated rings. The molecule has 96 valence electrons. The highest BCUT2D eigenvalue weighted by atomic mass is 35.5. The van der Waals surface area contributed by atoms with E-state index in [0.29, 0.717) is 11.7 Å². The molecule has 0 spiro atoms. The van der Waals surface area contributed by atoms with Crippen LogP contribution in [0.3, 0.4) is 0 Å². The van der Waals surface area contributed by atoms with E-state index in [9.17, 15) is 14.9 Å². The standard InChI is InChI=1S/C11H12ClN3O3/c12-9-5-8(15(17)18)3-4-10(9)14-11(16)6-13-7-1-2-7/h3-5,7,13H,1-2,6H2,(H,14,16). The van der Waals surface area contributed by atoms with Crippen molar-refractivity contribution < 1.29 is 9.72 Å². The highest BCUT2D eigenvalue weighted by Gasteiger charge is 2.21. The van der Waals surface area contributed by atoms with E-state index in [1.807, 2.05) is 0 Å². The van der Waals surface area contributed by atoms with Gasteiger partial charge in [-0.15, -0.1) is 0 Å². The number of carbonyl (C=O) groups is 1. The molecule has 0 atom stereocenters. The Hall–Kier alpha value is -1.66. The van der Waals surface area contributed by atoms with Gasteiger partial charge in [-0.05, 0) is 18.9 Å². The van der Waals surface area contributed by atoms with Crippen molar-refractivity contribution in [3.05, 3.63) is 33.3 Å². The van der Waals surface area contributed by atoms with Crippen LogP contribution in [-0.2, 0) is 4.79 Å². The van der Waals surface area contributed by atoms with E-state index < -0.39 is 4.92 Å². The quantitative estimate of drug-likeness (QED) is 0.632. The number of rotatable bonds is 5. The van der Waals surface area contributed by atoms with E-state index in [1.165, 1.54) is 18.2 Å². The van der Waals surface area contributed by atoms with Crippen molar-refractivity contribution in [1.29, 1.82) is 0 Å². The molecule has 7 heteroatoms. The molecule has 1 aromatic rings. The minimum atomic E-state index is -0.536. The van der Waals surface area contributed by atoms with Crippen molar-refractivity contribution >= 4 is 28.9 Å². The van der Waals surface area contributed by atoms with Crippen LogP contribution in [0, 0.1) is 10.1 Å². The molecule has 0 saturated heterocycles. The number of nitro benzene ring substituents is 1. The first-order valence-electron chi connectivity index (χ1n) is 5.53. The van der Waals surface area contributed by atoms with E-state index in [0.717, 1.165) is 12.8 Å². The van der Waals surface area contributed by atoms with Crippen LogP contribution < -0.4 is 10.6 Å². The van der Waals surface area contributed by atoms with Gasteiger partial charge >= 0.3 is 0 Å². The number of carbonyl (C=O) groups excluding carboxylic acids is 1. The SMILES string of the molecule is O=C(CNC1CC1)Nc1ccc([N+](=O)[O-])cc1Cl. The van der Waals surface area contributed by atoms with E-state index in [2.05, 4.69) is 10.6 Å². The van der Waals surface area contributed by atoms with Gasteiger partial charge in [0.05, 0.1) is 22.2 Å².